The second-order valence-corrected chi connectivity index (χ2v) is 6.00. The molecule has 1 N–H and O–H groups in total. The average molecular weight is 240 g/mol. The van der Waals surface area contributed by atoms with Crippen LogP contribution in [0.4, 0.5) is 0 Å². The maximum atomic E-state index is 3.58. The number of hydrogen-bond donors (Lipinski definition) is 1. The Morgan fingerprint density at radius 2 is 2.12 bits per heavy atom. The standard InChI is InChI=1S/C15H32N2/c1-4-15-8-6-11-17(13-15)12-10-16-9-5-7-14(2)3/h14-16H,4-13H2,1-3H3. The molecule has 1 heterocycles. The van der Waals surface area contributed by atoms with E-state index in [2.05, 4.69) is 31.0 Å². The number of nitrogens with zero attached hydrogens (tertiary/aromatic N) is 1. The SMILES string of the molecule is CCC1CCCN(CCNCCCC(C)C)C1. The van der Waals surface area contributed by atoms with Crippen LogP contribution in [0.15, 0.2) is 0 Å². The summed E-state index contributed by atoms with van der Waals surface area (Å²) in [6, 6.07) is 0. The highest BCUT2D eigenvalue weighted by atomic mass is 15.1. The van der Waals surface area contributed by atoms with E-state index >= 15 is 0 Å². The van der Waals surface area contributed by atoms with E-state index in [0.717, 1.165) is 11.8 Å². The van der Waals surface area contributed by atoms with Crippen LogP contribution < -0.4 is 5.32 Å². The molecule has 17 heavy (non-hydrogen) atoms. The van der Waals surface area contributed by atoms with Crippen molar-refractivity contribution in [3.05, 3.63) is 0 Å². The molecule has 1 unspecified atom stereocenters. The van der Waals surface area contributed by atoms with Gasteiger partial charge in [-0.15, -0.1) is 0 Å². The third kappa shape index (κ3) is 7.05. The van der Waals surface area contributed by atoms with Crippen molar-refractivity contribution in [3.8, 4) is 0 Å². The van der Waals surface area contributed by atoms with Crippen LogP contribution in [0.1, 0.15) is 52.9 Å². The monoisotopic (exact) mass is 240 g/mol. The highest BCUT2D eigenvalue weighted by Crippen LogP contribution is 2.18. The van der Waals surface area contributed by atoms with Crippen LogP contribution in [-0.2, 0) is 0 Å². The van der Waals surface area contributed by atoms with E-state index in [0.29, 0.717) is 0 Å². The van der Waals surface area contributed by atoms with Crippen molar-refractivity contribution in [1.29, 1.82) is 0 Å². The van der Waals surface area contributed by atoms with Crippen LogP contribution >= 0.6 is 0 Å². The van der Waals surface area contributed by atoms with Crippen LogP contribution in [0.3, 0.4) is 0 Å². The summed E-state index contributed by atoms with van der Waals surface area (Å²) in [7, 11) is 0. The van der Waals surface area contributed by atoms with Crippen molar-refractivity contribution in [1.82, 2.24) is 10.2 Å². The van der Waals surface area contributed by atoms with Crippen molar-refractivity contribution in [2.75, 3.05) is 32.7 Å². The van der Waals surface area contributed by atoms with Gasteiger partial charge in [0.05, 0.1) is 0 Å². The van der Waals surface area contributed by atoms with Crippen LogP contribution in [0.25, 0.3) is 0 Å². The van der Waals surface area contributed by atoms with Gasteiger partial charge in [-0.05, 0) is 50.6 Å². The summed E-state index contributed by atoms with van der Waals surface area (Å²) in [5.74, 6) is 1.81. The lowest BCUT2D eigenvalue weighted by Gasteiger charge is -2.32. The molecule has 1 aliphatic heterocycles. The summed E-state index contributed by atoms with van der Waals surface area (Å²) in [4.78, 5) is 2.65. The van der Waals surface area contributed by atoms with E-state index in [9.17, 15) is 0 Å². The largest absolute Gasteiger partial charge is 0.315 e. The van der Waals surface area contributed by atoms with Gasteiger partial charge in [0.15, 0.2) is 0 Å². The predicted octanol–water partition coefficient (Wildman–Crippen LogP) is 3.13. The minimum Gasteiger partial charge on any atom is -0.315 e. The Bertz CT molecular complexity index is 180. The zero-order valence-electron chi connectivity index (χ0n) is 12.2. The number of hydrogen-bond acceptors (Lipinski definition) is 2. The molecule has 0 aliphatic carbocycles. The lowest BCUT2D eigenvalue weighted by Crippen LogP contribution is -2.39. The Labute approximate surface area is 108 Å². The Morgan fingerprint density at radius 3 is 2.82 bits per heavy atom. The lowest BCUT2D eigenvalue weighted by atomic mass is 9.96. The topological polar surface area (TPSA) is 15.3 Å². The molecule has 0 bridgehead atoms. The first-order chi connectivity index (χ1) is 8.22. The average Bonchev–Trinajstić information content (AvgIpc) is 2.33. The molecule has 1 saturated heterocycles. The molecule has 0 aromatic rings. The zero-order chi connectivity index (χ0) is 12.5. The van der Waals surface area contributed by atoms with Crippen molar-refractivity contribution in [3.63, 3.8) is 0 Å². The van der Waals surface area contributed by atoms with E-state index in [-0.39, 0.29) is 0 Å². The fraction of sp³-hybridized carbons (Fsp3) is 1.00. The van der Waals surface area contributed by atoms with Crippen molar-refractivity contribution < 1.29 is 0 Å². The van der Waals surface area contributed by atoms with Crippen LogP contribution in [0.2, 0.25) is 0 Å². The van der Waals surface area contributed by atoms with Crippen LogP contribution in [0, 0.1) is 11.8 Å². The minimum atomic E-state index is 0.851. The summed E-state index contributed by atoms with van der Waals surface area (Å²) >= 11 is 0. The van der Waals surface area contributed by atoms with E-state index in [1.807, 2.05) is 0 Å². The molecule has 1 aliphatic rings. The fourth-order valence-electron chi connectivity index (χ4n) is 2.69. The summed E-state index contributed by atoms with van der Waals surface area (Å²) in [6.45, 7) is 13.2. The predicted molar refractivity (Wildman–Crippen MR) is 76.4 cm³/mol. The molecule has 0 aromatic carbocycles. The smallest absolute Gasteiger partial charge is 0.0107 e. The van der Waals surface area contributed by atoms with E-state index in [1.54, 1.807) is 0 Å². The van der Waals surface area contributed by atoms with Gasteiger partial charge in [0, 0.05) is 19.6 Å². The number of likely N-dealkylation sites (tertiary alicyclic amines) is 1. The van der Waals surface area contributed by atoms with Gasteiger partial charge < -0.3 is 10.2 Å². The highest BCUT2D eigenvalue weighted by molar-refractivity contribution is 4.72. The zero-order valence-corrected chi connectivity index (χ0v) is 12.2. The van der Waals surface area contributed by atoms with Crippen molar-refractivity contribution in [2.24, 2.45) is 11.8 Å². The lowest BCUT2D eigenvalue weighted by molar-refractivity contribution is 0.172. The molecule has 0 radical (unpaired) electrons. The summed E-state index contributed by atoms with van der Waals surface area (Å²) in [5, 5.41) is 3.58. The Balaban J connectivity index is 1.95. The van der Waals surface area contributed by atoms with Crippen LogP contribution in [0.5, 0.6) is 0 Å². The van der Waals surface area contributed by atoms with Gasteiger partial charge in [-0.3, -0.25) is 0 Å². The maximum Gasteiger partial charge on any atom is 0.0107 e. The fourth-order valence-corrected chi connectivity index (χ4v) is 2.69. The first kappa shape index (κ1) is 15.0. The van der Waals surface area contributed by atoms with E-state index in [1.165, 1.54) is 64.8 Å². The normalized spacial score (nSPS) is 22.2. The number of nitrogens with one attached hydrogen (secondary N) is 1. The second-order valence-electron chi connectivity index (χ2n) is 6.00. The molecule has 0 aromatic heterocycles. The molecule has 2 heteroatoms. The Morgan fingerprint density at radius 1 is 1.29 bits per heavy atom. The summed E-state index contributed by atoms with van der Waals surface area (Å²) in [5.41, 5.74) is 0. The molecule has 0 amide bonds. The van der Waals surface area contributed by atoms with Crippen molar-refractivity contribution in [2.45, 2.75) is 52.9 Å². The van der Waals surface area contributed by atoms with Gasteiger partial charge in [-0.2, -0.15) is 0 Å². The molecular formula is C15H32N2. The van der Waals surface area contributed by atoms with E-state index in [4.69, 9.17) is 0 Å². The Kier molecular flexibility index (Phi) is 7.87. The van der Waals surface area contributed by atoms with Crippen LogP contribution in [-0.4, -0.2) is 37.6 Å². The minimum absolute atomic E-state index is 0.851. The quantitative estimate of drug-likeness (QED) is 0.656. The molecule has 0 spiro atoms. The number of rotatable bonds is 8. The third-order valence-corrected chi connectivity index (χ3v) is 3.92. The molecule has 1 fully saturated rings. The molecule has 2 nitrogen and oxygen atoms in total. The van der Waals surface area contributed by atoms with Gasteiger partial charge in [-0.25, -0.2) is 0 Å². The second kappa shape index (κ2) is 8.93. The van der Waals surface area contributed by atoms with Gasteiger partial charge in [0.2, 0.25) is 0 Å². The van der Waals surface area contributed by atoms with Gasteiger partial charge in [0.25, 0.3) is 0 Å². The van der Waals surface area contributed by atoms with Crippen molar-refractivity contribution >= 4 is 0 Å². The van der Waals surface area contributed by atoms with Gasteiger partial charge in [0.1, 0.15) is 0 Å². The molecule has 1 rings (SSSR count). The summed E-state index contributed by atoms with van der Waals surface area (Å²) in [6.07, 6.45) is 6.91. The maximum absolute atomic E-state index is 3.58. The van der Waals surface area contributed by atoms with E-state index < -0.39 is 0 Å². The first-order valence-electron chi connectivity index (χ1n) is 7.65. The first-order valence-corrected chi connectivity index (χ1v) is 7.65. The molecule has 102 valence electrons. The molecular weight excluding hydrogens is 208 g/mol. The molecule has 1 atom stereocenters. The highest BCUT2D eigenvalue weighted by Gasteiger charge is 2.17. The summed E-state index contributed by atoms with van der Waals surface area (Å²) < 4.78 is 0. The Hall–Kier alpha value is -0.0800. The number of piperidine rings is 1. The third-order valence-electron chi connectivity index (χ3n) is 3.92. The molecule has 0 saturated carbocycles. The van der Waals surface area contributed by atoms with Gasteiger partial charge >= 0.3 is 0 Å². The van der Waals surface area contributed by atoms with Gasteiger partial charge in [-0.1, -0.05) is 27.2 Å².